The van der Waals surface area contributed by atoms with E-state index < -0.39 is 0 Å². The zero-order valence-corrected chi connectivity index (χ0v) is 12.4. The molecule has 1 atom stereocenters. The van der Waals surface area contributed by atoms with E-state index in [-0.39, 0.29) is 11.8 Å². The van der Waals surface area contributed by atoms with Gasteiger partial charge < -0.3 is 0 Å². The minimum Gasteiger partial charge on any atom is -0.274 e. The molecule has 3 nitrogen and oxygen atoms in total. The summed E-state index contributed by atoms with van der Waals surface area (Å²) in [4.78, 5) is 16.9. The number of rotatable bonds is 2. The fraction of sp³-hybridized carbons (Fsp3) is 0.100. The SMILES string of the molecule is O=C1C=C2N=CC(Cc3ccccc3)c3c2n1c1ccccc31. The summed E-state index contributed by atoms with van der Waals surface area (Å²) >= 11 is 0. The van der Waals surface area contributed by atoms with E-state index in [4.69, 9.17) is 0 Å². The number of aromatic nitrogens is 1. The normalized spacial score (nSPS) is 18.3. The van der Waals surface area contributed by atoms with Gasteiger partial charge in [-0.05, 0) is 23.6 Å². The van der Waals surface area contributed by atoms with Crippen LogP contribution < -0.4 is 0 Å². The third kappa shape index (κ3) is 1.70. The highest BCUT2D eigenvalue weighted by Crippen LogP contribution is 2.42. The van der Waals surface area contributed by atoms with Crippen LogP contribution in [0.25, 0.3) is 16.6 Å². The lowest BCUT2D eigenvalue weighted by molar-refractivity contribution is 0.0979. The van der Waals surface area contributed by atoms with Gasteiger partial charge >= 0.3 is 0 Å². The van der Waals surface area contributed by atoms with E-state index >= 15 is 0 Å². The lowest BCUT2D eigenvalue weighted by Gasteiger charge is -2.18. The van der Waals surface area contributed by atoms with Crippen LogP contribution in [0.5, 0.6) is 0 Å². The maximum atomic E-state index is 12.4. The number of para-hydroxylation sites is 1. The van der Waals surface area contributed by atoms with Gasteiger partial charge in [-0.25, -0.2) is 0 Å². The highest BCUT2D eigenvalue weighted by atomic mass is 16.2. The molecule has 0 amide bonds. The van der Waals surface area contributed by atoms with Gasteiger partial charge in [0.25, 0.3) is 5.91 Å². The van der Waals surface area contributed by atoms with Crippen LogP contribution in [0, 0.1) is 0 Å². The van der Waals surface area contributed by atoms with Crippen molar-refractivity contribution >= 4 is 28.7 Å². The maximum Gasteiger partial charge on any atom is 0.257 e. The summed E-state index contributed by atoms with van der Waals surface area (Å²) in [7, 11) is 0. The largest absolute Gasteiger partial charge is 0.274 e. The summed E-state index contributed by atoms with van der Waals surface area (Å²) in [5, 5.41) is 1.16. The number of aliphatic imine (C=N–C) groups is 1. The first kappa shape index (κ1) is 12.6. The van der Waals surface area contributed by atoms with E-state index in [2.05, 4.69) is 35.3 Å². The molecule has 2 aliphatic rings. The van der Waals surface area contributed by atoms with Crippen LogP contribution in [0.4, 0.5) is 0 Å². The molecule has 0 aliphatic carbocycles. The van der Waals surface area contributed by atoms with Crippen LogP contribution >= 0.6 is 0 Å². The molecule has 23 heavy (non-hydrogen) atoms. The minimum absolute atomic E-state index is 0.00922. The lowest BCUT2D eigenvalue weighted by atomic mass is 9.88. The van der Waals surface area contributed by atoms with Crippen molar-refractivity contribution in [2.24, 2.45) is 4.99 Å². The Morgan fingerprint density at radius 1 is 1.00 bits per heavy atom. The van der Waals surface area contributed by atoms with E-state index in [0.717, 1.165) is 28.7 Å². The Morgan fingerprint density at radius 2 is 1.78 bits per heavy atom. The first-order valence-corrected chi connectivity index (χ1v) is 7.81. The van der Waals surface area contributed by atoms with Crippen LogP contribution in [-0.4, -0.2) is 16.7 Å². The molecule has 5 rings (SSSR count). The number of fused-ring (bicyclic) bond motifs is 3. The molecule has 0 N–H and O–H groups in total. The second-order valence-corrected chi connectivity index (χ2v) is 6.06. The van der Waals surface area contributed by atoms with E-state index in [1.54, 1.807) is 6.08 Å². The van der Waals surface area contributed by atoms with Crippen LogP contribution in [0.2, 0.25) is 0 Å². The average molecular weight is 298 g/mol. The highest BCUT2D eigenvalue weighted by molar-refractivity contribution is 6.13. The molecular formula is C20H14N2O. The van der Waals surface area contributed by atoms with E-state index in [1.165, 1.54) is 11.1 Å². The summed E-state index contributed by atoms with van der Waals surface area (Å²) < 4.78 is 1.81. The first-order valence-electron chi connectivity index (χ1n) is 7.81. The third-order valence-corrected chi connectivity index (χ3v) is 4.70. The first-order chi connectivity index (χ1) is 11.3. The third-order valence-electron chi connectivity index (χ3n) is 4.70. The number of hydrogen-bond acceptors (Lipinski definition) is 2. The molecule has 2 aromatic carbocycles. The molecule has 3 heterocycles. The summed E-state index contributed by atoms with van der Waals surface area (Å²) in [5.41, 5.74) is 5.28. The molecule has 0 fully saturated rings. The Bertz CT molecular complexity index is 1010. The van der Waals surface area contributed by atoms with Crippen molar-refractivity contribution in [2.45, 2.75) is 12.3 Å². The van der Waals surface area contributed by atoms with Gasteiger partial charge in [-0.3, -0.25) is 14.4 Å². The van der Waals surface area contributed by atoms with Gasteiger partial charge in [-0.15, -0.1) is 0 Å². The topological polar surface area (TPSA) is 34.4 Å². The lowest BCUT2D eigenvalue weighted by Crippen LogP contribution is -2.11. The zero-order valence-electron chi connectivity index (χ0n) is 12.4. The number of nitrogens with zero attached hydrogens (tertiary/aromatic N) is 2. The Kier molecular flexibility index (Phi) is 2.48. The monoisotopic (exact) mass is 298 g/mol. The molecule has 0 bridgehead atoms. The smallest absolute Gasteiger partial charge is 0.257 e. The molecule has 3 heteroatoms. The summed E-state index contributed by atoms with van der Waals surface area (Å²) in [6.45, 7) is 0. The quantitative estimate of drug-likeness (QED) is 0.703. The van der Waals surface area contributed by atoms with Gasteiger partial charge in [0, 0.05) is 23.6 Å². The molecule has 2 aliphatic heterocycles. The summed E-state index contributed by atoms with van der Waals surface area (Å²) in [6, 6.07) is 18.6. The van der Waals surface area contributed by atoms with Crippen LogP contribution in [0.15, 0.2) is 65.7 Å². The molecule has 1 unspecified atom stereocenters. The molecule has 0 saturated carbocycles. The fourth-order valence-corrected chi connectivity index (χ4v) is 3.74. The van der Waals surface area contributed by atoms with E-state index in [0.29, 0.717) is 0 Å². The van der Waals surface area contributed by atoms with Crippen molar-refractivity contribution in [1.29, 1.82) is 0 Å². The highest BCUT2D eigenvalue weighted by Gasteiger charge is 2.33. The molecule has 0 saturated heterocycles. The van der Waals surface area contributed by atoms with Crippen molar-refractivity contribution in [3.05, 3.63) is 77.5 Å². The molecule has 0 spiro atoms. The molecule has 0 radical (unpaired) electrons. The van der Waals surface area contributed by atoms with Gasteiger partial charge in [-0.2, -0.15) is 0 Å². The van der Waals surface area contributed by atoms with Gasteiger partial charge in [-0.1, -0.05) is 48.5 Å². The van der Waals surface area contributed by atoms with E-state index in [9.17, 15) is 4.79 Å². The van der Waals surface area contributed by atoms with Crippen molar-refractivity contribution in [3.63, 3.8) is 0 Å². The standard InChI is InChI=1S/C20H14N2O/c23-18-11-16-20-19(15-8-4-5-9-17(15)22(18)20)14(12-21-16)10-13-6-2-1-3-7-13/h1-9,11-12,14H,10H2. The number of hydrogen-bond donors (Lipinski definition) is 0. The van der Waals surface area contributed by atoms with Crippen molar-refractivity contribution in [3.8, 4) is 0 Å². The maximum absolute atomic E-state index is 12.4. The fourth-order valence-electron chi connectivity index (χ4n) is 3.74. The van der Waals surface area contributed by atoms with Crippen molar-refractivity contribution in [2.75, 3.05) is 0 Å². The van der Waals surface area contributed by atoms with Gasteiger partial charge in [0.15, 0.2) is 0 Å². The van der Waals surface area contributed by atoms with Crippen LogP contribution in [0.3, 0.4) is 0 Å². The van der Waals surface area contributed by atoms with Gasteiger partial charge in [0.05, 0.1) is 16.9 Å². The predicted octanol–water partition coefficient (Wildman–Crippen LogP) is 4.05. The van der Waals surface area contributed by atoms with E-state index in [1.807, 2.05) is 35.0 Å². The molecular weight excluding hydrogens is 284 g/mol. The molecule has 3 aromatic rings. The predicted molar refractivity (Wildman–Crippen MR) is 91.9 cm³/mol. The van der Waals surface area contributed by atoms with Crippen LogP contribution in [-0.2, 0) is 6.42 Å². The average Bonchev–Trinajstić information content (AvgIpc) is 3.10. The zero-order chi connectivity index (χ0) is 15.4. The Labute approximate surface area is 133 Å². The number of carbonyl (C=O) groups is 1. The van der Waals surface area contributed by atoms with Crippen molar-refractivity contribution < 1.29 is 4.79 Å². The van der Waals surface area contributed by atoms with Crippen LogP contribution in [0.1, 0.15) is 27.5 Å². The van der Waals surface area contributed by atoms with Crippen molar-refractivity contribution in [1.82, 2.24) is 4.57 Å². The number of carbonyl (C=O) groups excluding carboxylic acids is 1. The number of benzene rings is 2. The van der Waals surface area contributed by atoms with Gasteiger partial charge in [0.1, 0.15) is 0 Å². The Balaban J connectivity index is 1.74. The Morgan fingerprint density at radius 3 is 2.65 bits per heavy atom. The Hall–Kier alpha value is -2.94. The minimum atomic E-state index is 0.00922. The summed E-state index contributed by atoms with van der Waals surface area (Å²) in [6.07, 6.45) is 4.53. The second-order valence-electron chi connectivity index (χ2n) is 6.06. The second kappa shape index (κ2) is 4.53. The number of allylic oxidation sites excluding steroid dienone is 1. The molecule has 1 aromatic heterocycles. The van der Waals surface area contributed by atoms with Gasteiger partial charge in [0.2, 0.25) is 0 Å². The molecule has 110 valence electrons. The summed E-state index contributed by atoms with van der Waals surface area (Å²) in [5.74, 6) is 0.205.